The lowest BCUT2D eigenvalue weighted by Crippen LogP contribution is -1.84. The van der Waals surface area contributed by atoms with Crippen molar-refractivity contribution in [2.24, 2.45) is 0 Å². The van der Waals surface area contributed by atoms with E-state index in [1.807, 2.05) is 6.07 Å². The summed E-state index contributed by atoms with van der Waals surface area (Å²) in [5, 5.41) is 0.782. The lowest BCUT2D eigenvalue weighted by molar-refractivity contribution is 0.918. The van der Waals surface area contributed by atoms with Crippen LogP contribution in [0.3, 0.4) is 0 Å². The molecule has 0 saturated carbocycles. The van der Waals surface area contributed by atoms with Gasteiger partial charge in [0.25, 0.3) is 0 Å². The zero-order valence-corrected chi connectivity index (χ0v) is 6.73. The number of hydrogen-bond acceptors (Lipinski definition) is 1. The second-order valence-corrected chi connectivity index (χ2v) is 2.62. The average molecular weight is 156 g/mol. The molecule has 0 unspecified atom stereocenters. The minimum atomic E-state index is 0.782. The predicted octanol–water partition coefficient (Wildman–Crippen LogP) is 2.69. The lowest BCUT2D eigenvalue weighted by Gasteiger charge is -1.98. The number of aromatic nitrogens is 1. The average Bonchev–Trinajstić information content (AvgIpc) is 1.94. The van der Waals surface area contributed by atoms with Gasteiger partial charge in [-0.05, 0) is 18.1 Å². The Hall–Kier alpha value is -0.560. The standard InChI is InChI=1S/C8H10ClN/c1-2-3-7-4-5-10-6-8(7)9/h4-6H,2-3H2,1H3. The zero-order valence-electron chi connectivity index (χ0n) is 5.97. The van der Waals surface area contributed by atoms with Crippen molar-refractivity contribution < 1.29 is 0 Å². The smallest absolute Gasteiger partial charge is 0.0621 e. The van der Waals surface area contributed by atoms with Crippen molar-refractivity contribution in [3.05, 3.63) is 29.0 Å². The summed E-state index contributed by atoms with van der Waals surface area (Å²) >= 11 is 5.84. The Labute approximate surface area is 66.0 Å². The molecular formula is C8H10ClN. The number of halogens is 1. The summed E-state index contributed by atoms with van der Waals surface area (Å²) in [4.78, 5) is 3.90. The van der Waals surface area contributed by atoms with Gasteiger partial charge in [0.05, 0.1) is 5.02 Å². The molecule has 1 rings (SSSR count). The molecule has 0 bridgehead atoms. The van der Waals surface area contributed by atoms with Crippen molar-refractivity contribution in [3.8, 4) is 0 Å². The summed E-state index contributed by atoms with van der Waals surface area (Å²) in [6.45, 7) is 2.14. The van der Waals surface area contributed by atoms with Crippen LogP contribution >= 0.6 is 11.6 Å². The normalized spacial score (nSPS) is 9.80. The number of pyridine rings is 1. The zero-order chi connectivity index (χ0) is 7.40. The van der Waals surface area contributed by atoms with Gasteiger partial charge in [0.2, 0.25) is 0 Å². The summed E-state index contributed by atoms with van der Waals surface area (Å²) < 4.78 is 0. The van der Waals surface area contributed by atoms with Gasteiger partial charge in [0.1, 0.15) is 0 Å². The summed E-state index contributed by atoms with van der Waals surface area (Å²) in [5.41, 5.74) is 1.19. The van der Waals surface area contributed by atoms with E-state index in [0.29, 0.717) is 0 Å². The molecule has 0 saturated heterocycles. The lowest BCUT2D eigenvalue weighted by atomic mass is 10.2. The molecule has 0 N–H and O–H groups in total. The van der Waals surface area contributed by atoms with Crippen LogP contribution in [0.25, 0.3) is 0 Å². The number of aryl methyl sites for hydroxylation is 1. The molecule has 1 nitrogen and oxygen atoms in total. The maximum Gasteiger partial charge on any atom is 0.0621 e. The Kier molecular flexibility index (Phi) is 2.69. The van der Waals surface area contributed by atoms with Crippen LogP contribution in [0.15, 0.2) is 18.5 Å². The van der Waals surface area contributed by atoms with E-state index >= 15 is 0 Å². The predicted molar refractivity (Wildman–Crippen MR) is 43.2 cm³/mol. The van der Waals surface area contributed by atoms with E-state index in [9.17, 15) is 0 Å². The molecule has 0 amide bonds. The van der Waals surface area contributed by atoms with Gasteiger partial charge >= 0.3 is 0 Å². The highest BCUT2D eigenvalue weighted by Gasteiger charge is 1.95. The Morgan fingerprint density at radius 1 is 1.60 bits per heavy atom. The summed E-state index contributed by atoms with van der Waals surface area (Å²) in [5.74, 6) is 0. The first-order valence-corrected chi connectivity index (χ1v) is 3.80. The maximum absolute atomic E-state index is 5.84. The Balaban J connectivity index is 2.81. The molecule has 10 heavy (non-hydrogen) atoms. The van der Waals surface area contributed by atoms with Crippen molar-refractivity contribution in [2.75, 3.05) is 0 Å². The largest absolute Gasteiger partial charge is 0.263 e. The van der Waals surface area contributed by atoms with Gasteiger partial charge in [-0.1, -0.05) is 24.9 Å². The third kappa shape index (κ3) is 1.71. The minimum Gasteiger partial charge on any atom is -0.263 e. The summed E-state index contributed by atoms with van der Waals surface area (Å²) in [6, 6.07) is 1.96. The van der Waals surface area contributed by atoms with Gasteiger partial charge in [0, 0.05) is 12.4 Å². The molecule has 0 atom stereocenters. The molecule has 0 radical (unpaired) electrons. The van der Waals surface area contributed by atoms with Crippen LogP contribution in [0.1, 0.15) is 18.9 Å². The van der Waals surface area contributed by atoms with Crippen LogP contribution in [-0.2, 0) is 6.42 Å². The van der Waals surface area contributed by atoms with Crippen LogP contribution in [0.2, 0.25) is 5.02 Å². The van der Waals surface area contributed by atoms with E-state index in [1.54, 1.807) is 12.4 Å². The van der Waals surface area contributed by atoms with Crippen molar-refractivity contribution >= 4 is 11.6 Å². The molecule has 0 aliphatic rings. The van der Waals surface area contributed by atoms with Gasteiger partial charge in [-0.2, -0.15) is 0 Å². The van der Waals surface area contributed by atoms with E-state index < -0.39 is 0 Å². The van der Waals surface area contributed by atoms with Crippen molar-refractivity contribution in [1.82, 2.24) is 4.98 Å². The molecule has 1 heterocycles. The Bertz CT molecular complexity index is 210. The van der Waals surface area contributed by atoms with Crippen LogP contribution in [-0.4, -0.2) is 4.98 Å². The van der Waals surface area contributed by atoms with Gasteiger partial charge in [0.15, 0.2) is 0 Å². The molecule has 0 spiro atoms. The molecule has 2 heteroatoms. The monoisotopic (exact) mass is 155 g/mol. The van der Waals surface area contributed by atoms with Crippen molar-refractivity contribution in [2.45, 2.75) is 19.8 Å². The molecule has 0 aromatic carbocycles. The van der Waals surface area contributed by atoms with E-state index in [1.165, 1.54) is 5.56 Å². The third-order valence-electron chi connectivity index (χ3n) is 1.38. The van der Waals surface area contributed by atoms with Gasteiger partial charge in [-0.15, -0.1) is 0 Å². The highest BCUT2D eigenvalue weighted by atomic mass is 35.5. The molecule has 1 aromatic heterocycles. The van der Waals surface area contributed by atoms with Crippen LogP contribution in [0.5, 0.6) is 0 Å². The molecule has 54 valence electrons. The van der Waals surface area contributed by atoms with Crippen LogP contribution in [0, 0.1) is 0 Å². The maximum atomic E-state index is 5.84. The fourth-order valence-corrected chi connectivity index (χ4v) is 1.09. The van der Waals surface area contributed by atoms with Crippen molar-refractivity contribution in [1.29, 1.82) is 0 Å². The first-order valence-electron chi connectivity index (χ1n) is 3.43. The fourth-order valence-electron chi connectivity index (χ4n) is 0.876. The van der Waals surface area contributed by atoms with Gasteiger partial charge in [-0.25, -0.2) is 0 Å². The van der Waals surface area contributed by atoms with E-state index in [0.717, 1.165) is 17.9 Å². The SMILES string of the molecule is CCCc1ccncc1Cl. The Morgan fingerprint density at radius 3 is 3.00 bits per heavy atom. The topological polar surface area (TPSA) is 12.9 Å². The molecular weight excluding hydrogens is 146 g/mol. The molecule has 0 aliphatic heterocycles. The van der Waals surface area contributed by atoms with E-state index in [-0.39, 0.29) is 0 Å². The van der Waals surface area contributed by atoms with Crippen LogP contribution < -0.4 is 0 Å². The van der Waals surface area contributed by atoms with E-state index in [2.05, 4.69) is 11.9 Å². The summed E-state index contributed by atoms with van der Waals surface area (Å²) in [7, 11) is 0. The molecule has 0 aliphatic carbocycles. The number of nitrogens with zero attached hydrogens (tertiary/aromatic N) is 1. The second-order valence-electron chi connectivity index (χ2n) is 2.22. The summed E-state index contributed by atoms with van der Waals surface area (Å²) in [6.07, 6.45) is 5.63. The first kappa shape index (κ1) is 7.55. The Morgan fingerprint density at radius 2 is 2.40 bits per heavy atom. The molecule has 0 fully saturated rings. The number of hydrogen-bond donors (Lipinski definition) is 0. The second kappa shape index (κ2) is 3.57. The highest BCUT2D eigenvalue weighted by molar-refractivity contribution is 6.31. The van der Waals surface area contributed by atoms with Crippen molar-refractivity contribution in [3.63, 3.8) is 0 Å². The number of rotatable bonds is 2. The van der Waals surface area contributed by atoms with Crippen LogP contribution in [0.4, 0.5) is 0 Å². The molecule has 1 aromatic rings. The van der Waals surface area contributed by atoms with Gasteiger partial charge in [-0.3, -0.25) is 4.98 Å². The first-order chi connectivity index (χ1) is 4.84. The third-order valence-corrected chi connectivity index (χ3v) is 1.72. The van der Waals surface area contributed by atoms with Gasteiger partial charge < -0.3 is 0 Å². The minimum absolute atomic E-state index is 0.782. The quantitative estimate of drug-likeness (QED) is 0.640. The van der Waals surface area contributed by atoms with E-state index in [4.69, 9.17) is 11.6 Å². The highest BCUT2D eigenvalue weighted by Crippen LogP contribution is 2.14. The fraction of sp³-hybridized carbons (Fsp3) is 0.375.